The number of carboxylic acid groups (broad SMARTS) is 1. The van der Waals surface area contributed by atoms with Crippen LogP contribution in [0.3, 0.4) is 0 Å². The monoisotopic (exact) mass is 376 g/mol. The number of Topliss-reactive ketones (excluding diaryl/α,β-unsaturated/α-hetero) is 1. The maximum Gasteiger partial charge on any atom is 0.303 e. The van der Waals surface area contributed by atoms with Crippen LogP contribution in [0.5, 0.6) is 0 Å². The molecule has 1 rings (SSSR count). The Balaban J connectivity index is 2.33. The second-order valence-electron chi connectivity index (χ2n) is 7.68. The lowest BCUT2D eigenvalue weighted by molar-refractivity contribution is -0.137. The number of aliphatic hydroxyl groups excluding tert-OH is 1. The van der Waals surface area contributed by atoms with Crippen molar-refractivity contribution in [3.05, 3.63) is 0 Å². The van der Waals surface area contributed by atoms with Gasteiger partial charge in [-0.15, -0.1) is 0 Å². The molecular formula is C20H34F2O4. The van der Waals surface area contributed by atoms with Gasteiger partial charge in [0.1, 0.15) is 11.9 Å². The van der Waals surface area contributed by atoms with E-state index in [-0.39, 0.29) is 36.9 Å². The topological polar surface area (TPSA) is 74.6 Å². The number of carbonyl (C=O) groups is 2. The van der Waals surface area contributed by atoms with Crippen LogP contribution in [0.1, 0.15) is 90.4 Å². The number of aliphatic hydroxyl groups is 1. The summed E-state index contributed by atoms with van der Waals surface area (Å²) in [6, 6.07) is 0. The standard InChI is InChI=1S/C20H34F2O4/c1-2-3-14-20(21,22)18(24)13-11-15-10-12-17(23)16(15)8-6-4-5-7-9-19(25)26/h15-16,18,24H,2-14H2,1H3,(H,25,26)/t15-,16-,18-/m1/s1. The molecule has 0 spiro atoms. The van der Waals surface area contributed by atoms with E-state index in [2.05, 4.69) is 0 Å². The minimum absolute atomic E-state index is 0.0454. The van der Waals surface area contributed by atoms with Gasteiger partial charge < -0.3 is 10.2 Å². The maximum atomic E-state index is 13.9. The third-order valence-corrected chi connectivity index (χ3v) is 5.56. The first-order valence-electron chi connectivity index (χ1n) is 10.1. The smallest absolute Gasteiger partial charge is 0.303 e. The van der Waals surface area contributed by atoms with E-state index in [1.807, 2.05) is 6.92 Å². The lowest BCUT2D eigenvalue weighted by Gasteiger charge is -2.25. The molecular weight excluding hydrogens is 342 g/mol. The maximum absolute atomic E-state index is 13.9. The third-order valence-electron chi connectivity index (χ3n) is 5.56. The number of halogens is 2. The molecule has 0 amide bonds. The molecule has 0 bridgehead atoms. The van der Waals surface area contributed by atoms with Gasteiger partial charge in [0.05, 0.1) is 0 Å². The first-order chi connectivity index (χ1) is 12.3. The Morgan fingerprint density at radius 1 is 1.19 bits per heavy atom. The van der Waals surface area contributed by atoms with Gasteiger partial charge in [-0.1, -0.05) is 32.6 Å². The van der Waals surface area contributed by atoms with Gasteiger partial charge in [-0.3, -0.25) is 9.59 Å². The zero-order valence-corrected chi connectivity index (χ0v) is 15.9. The SMILES string of the molecule is CCCCC(F)(F)[C@H](O)CC[C@H]1CCC(=O)[C@@H]1CCCCCCC(=O)O. The molecule has 1 saturated carbocycles. The van der Waals surface area contributed by atoms with Crippen LogP contribution in [0, 0.1) is 11.8 Å². The Morgan fingerprint density at radius 3 is 2.54 bits per heavy atom. The minimum atomic E-state index is -3.04. The molecule has 0 aromatic carbocycles. The van der Waals surface area contributed by atoms with Crippen molar-refractivity contribution in [1.29, 1.82) is 0 Å². The number of hydrogen-bond donors (Lipinski definition) is 2. The van der Waals surface area contributed by atoms with E-state index in [9.17, 15) is 23.5 Å². The summed E-state index contributed by atoms with van der Waals surface area (Å²) in [6.07, 6.45) is 5.09. The molecule has 0 radical (unpaired) electrons. The first kappa shape index (κ1) is 23.0. The molecule has 1 fully saturated rings. The van der Waals surface area contributed by atoms with Gasteiger partial charge in [0.25, 0.3) is 5.92 Å². The average Bonchev–Trinajstić information content (AvgIpc) is 2.93. The first-order valence-corrected chi connectivity index (χ1v) is 10.1. The predicted molar refractivity (Wildman–Crippen MR) is 96.3 cm³/mol. The average molecular weight is 376 g/mol. The van der Waals surface area contributed by atoms with Crippen molar-refractivity contribution in [1.82, 2.24) is 0 Å². The van der Waals surface area contributed by atoms with Gasteiger partial charge in [0, 0.05) is 25.2 Å². The molecule has 26 heavy (non-hydrogen) atoms. The lowest BCUT2D eigenvalue weighted by Crippen LogP contribution is -2.34. The Bertz CT molecular complexity index is 440. The van der Waals surface area contributed by atoms with Crippen molar-refractivity contribution in [2.75, 3.05) is 0 Å². The summed E-state index contributed by atoms with van der Waals surface area (Å²) in [5, 5.41) is 18.5. The summed E-state index contributed by atoms with van der Waals surface area (Å²) in [7, 11) is 0. The number of unbranched alkanes of at least 4 members (excludes halogenated alkanes) is 4. The quantitative estimate of drug-likeness (QED) is 0.420. The fourth-order valence-corrected chi connectivity index (χ4v) is 3.88. The van der Waals surface area contributed by atoms with E-state index in [0.29, 0.717) is 32.1 Å². The Morgan fingerprint density at radius 2 is 1.88 bits per heavy atom. The van der Waals surface area contributed by atoms with E-state index in [0.717, 1.165) is 32.1 Å². The van der Waals surface area contributed by atoms with Gasteiger partial charge in [-0.25, -0.2) is 8.78 Å². The van der Waals surface area contributed by atoms with Crippen molar-refractivity contribution in [3.63, 3.8) is 0 Å². The van der Waals surface area contributed by atoms with Crippen LogP contribution in [-0.2, 0) is 9.59 Å². The van der Waals surface area contributed by atoms with E-state index < -0.39 is 18.0 Å². The highest BCUT2D eigenvalue weighted by Gasteiger charge is 2.39. The van der Waals surface area contributed by atoms with Gasteiger partial charge >= 0.3 is 5.97 Å². The molecule has 0 aliphatic heterocycles. The number of hydrogen-bond acceptors (Lipinski definition) is 3. The molecule has 1 aliphatic carbocycles. The molecule has 2 N–H and O–H groups in total. The van der Waals surface area contributed by atoms with Gasteiger partial charge in [-0.05, 0) is 44.4 Å². The van der Waals surface area contributed by atoms with E-state index in [4.69, 9.17) is 5.11 Å². The van der Waals surface area contributed by atoms with Crippen LogP contribution in [0.4, 0.5) is 8.78 Å². The zero-order valence-electron chi connectivity index (χ0n) is 15.9. The van der Waals surface area contributed by atoms with Crippen molar-refractivity contribution in [3.8, 4) is 0 Å². The summed E-state index contributed by atoms with van der Waals surface area (Å²) >= 11 is 0. The molecule has 6 heteroatoms. The van der Waals surface area contributed by atoms with E-state index >= 15 is 0 Å². The number of aliphatic carboxylic acids is 1. The molecule has 0 unspecified atom stereocenters. The number of alkyl halides is 2. The largest absolute Gasteiger partial charge is 0.481 e. The van der Waals surface area contributed by atoms with Crippen molar-refractivity contribution < 1.29 is 28.6 Å². The number of carboxylic acids is 1. The molecule has 3 atom stereocenters. The summed E-state index contributed by atoms with van der Waals surface area (Å²) in [4.78, 5) is 22.6. The van der Waals surface area contributed by atoms with Crippen LogP contribution < -0.4 is 0 Å². The highest BCUT2D eigenvalue weighted by Crippen LogP contribution is 2.38. The highest BCUT2D eigenvalue weighted by molar-refractivity contribution is 5.83. The molecule has 1 aliphatic rings. The van der Waals surface area contributed by atoms with Crippen LogP contribution in [0.15, 0.2) is 0 Å². The normalized spacial score (nSPS) is 21.9. The highest BCUT2D eigenvalue weighted by atomic mass is 19.3. The predicted octanol–water partition coefficient (Wildman–Crippen LogP) is 4.97. The van der Waals surface area contributed by atoms with Gasteiger partial charge in [0.15, 0.2) is 0 Å². The molecule has 152 valence electrons. The van der Waals surface area contributed by atoms with Gasteiger partial charge in [-0.2, -0.15) is 0 Å². The second-order valence-corrected chi connectivity index (χ2v) is 7.68. The zero-order chi connectivity index (χ0) is 19.6. The molecule has 0 aromatic rings. The van der Waals surface area contributed by atoms with Crippen molar-refractivity contribution in [2.45, 2.75) is 102 Å². The number of rotatable bonds is 14. The lowest BCUT2D eigenvalue weighted by atomic mass is 9.85. The molecule has 0 heterocycles. The summed E-state index contributed by atoms with van der Waals surface area (Å²) in [6.45, 7) is 1.85. The summed E-state index contributed by atoms with van der Waals surface area (Å²) in [5.74, 6) is -3.60. The number of ketones is 1. The minimum Gasteiger partial charge on any atom is -0.481 e. The molecule has 0 aromatic heterocycles. The van der Waals surface area contributed by atoms with Crippen LogP contribution >= 0.6 is 0 Å². The molecule has 4 nitrogen and oxygen atoms in total. The molecule has 0 saturated heterocycles. The van der Waals surface area contributed by atoms with Crippen LogP contribution in [-0.4, -0.2) is 34.0 Å². The fraction of sp³-hybridized carbons (Fsp3) is 0.900. The third kappa shape index (κ3) is 8.11. The number of carbonyl (C=O) groups excluding carboxylic acids is 1. The fourth-order valence-electron chi connectivity index (χ4n) is 3.88. The van der Waals surface area contributed by atoms with E-state index in [1.54, 1.807) is 0 Å². The summed E-state index contributed by atoms with van der Waals surface area (Å²) in [5.41, 5.74) is 0. The van der Waals surface area contributed by atoms with Gasteiger partial charge in [0.2, 0.25) is 0 Å². The summed E-state index contributed by atoms with van der Waals surface area (Å²) < 4.78 is 27.7. The van der Waals surface area contributed by atoms with Crippen molar-refractivity contribution >= 4 is 11.8 Å². The van der Waals surface area contributed by atoms with Crippen LogP contribution in [0.25, 0.3) is 0 Å². The Labute approximate surface area is 155 Å². The van der Waals surface area contributed by atoms with Crippen LogP contribution in [0.2, 0.25) is 0 Å². The van der Waals surface area contributed by atoms with Crippen molar-refractivity contribution in [2.24, 2.45) is 11.8 Å². The Kier molecular flexibility index (Phi) is 10.3. The second kappa shape index (κ2) is 11.6. The Hall–Kier alpha value is -1.04. The van der Waals surface area contributed by atoms with E-state index in [1.165, 1.54) is 0 Å².